The first-order chi connectivity index (χ1) is 11.5. The van der Waals surface area contributed by atoms with Gasteiger partial charge in [-0.2, -0.15) is 5.26 Å². The first kappa shape index (κ1) is 16.7. The molecule has 6 nitrogen and oxygen atoms in total. The smallest absolute Gasteiger partial charge is 0.267 e. The van der Waals surface area contributed by atoms with Crippen LogP contribution in [0, 0.1) is 17.1 Å². The number of nitrogens with one attached hydrogen (secondary N) is 2. The molecule has 24 heavy (non-hydrogen) atoms. The molecule has 2 aromatic rings. The van der Waals surface area contributed by atoms with Crippen LogP contribution in [0.25, 0.3) is 0 Å². The monoisotopic (exact) mass is 324 g/mol. The number of anilines is 2. The topological polar surface area (TPSA) is 108 Å². The van der Waals surface area contributed by atoms with E-state index in [-0.39, 0.29) is 5.57 Å². The van der Waals surface area contributed by atoms with Gasteiger partial charge < -0.3 is 16.4 Å². The van der Waals surface area contributed by atoms with Crippen molar-refractivity contribution < 1.29 is 14.0 Å². The molecule has 0 unspecified atom stereocenters. The summed E-state index contributed by atoms with van der Waals surface area (Å²) < 4.78 is 12.8. The Morgan fingerprint density at radius 1 is 1.08 bits per heavy atom. The number of rotatable bonds is 4. The van der Waals surface area contributed by atoms with E-state index < -0.39 is 17.6 Å². The van der Waals surface area contributed by atoms with Crippen LogP contribution in [0.15, 0.2) is 60.3 Å². The molecule has 0 fully saturated rings. The Labute approximate surface area is 137 Å². The highest BCUT2D eigenvalue weighted by atomic mass is 19.1. The molecule has 0 saturated heterocycles. The molecule has 2 rings (SSSR count). The Bertz CT molecular complexity index is 821. The third-order valence-corrected chi connectivity index (χ3v) is 2.99. The van der Waals surface area contributed by atoms with E-state index in [0.717, 1.165) is 6.20 Å². The molecule has 0 aliphatic rings. The van der Waals surface area contributed by atoms with Gasteiger partial charge >= 0.3 is 0 Å². The van der Waals surface area contributed by atoms with E-state index in [4.69, 9.17) is 11.0 Å². The standard InChI is InChI=1S/C17H13FN4O2/c18-13-3-7-15(8-4-13)22-17(24)12(9-19)10-21-16(23)11-1-5-14(20)6-2-11/h1-8,10H,20H2,(H,21,23)(H,22,24)/b12-10-. The van der Waals surface area contributed by atoms with Crippen molar-refractivity contribution in [3.63, 3.8) is 0 Å². The van der Waals surface area contributed by atoms with Gasteiger partial charge in [0.05, 0.1) is 0 Å². The average Bonchev–Trinajstić information content (AvgIpc) is 2.58. The van der Waals surface area contributed by atoms with Crippen molar-refractivity contribution in [2.24, 2.45) is 0 Å². The van der Waals surface area contributed by atoms with Crippen molar-refractivity contribution in [1.82, 2.24) is 5.32 Å². The van der Waals surface area contributed by atoms with E-state index in [1.165, 1.54) is 36.4 Å². The molecular formula is C17H13FN4O2. The summed E-state index contributed by atoms with van der Waals surface area (Å²) in [5.74, 6) is -1.65. The molecule has 120 valence electrons. The van der Waals surface area contributed by atoms with E-state index >= 15 is 0 Å². The summed E-state index contributed by atoms with van der Waals surface area (Å²) in [6, 6.07) is 12.9. The van der Waals surface area contributed by atoms with Crippen molar-refractivity contribution in [3.8, 4) is 6.07 Å². The minimum Gasteiger partial charge on any atom is -0.399 e. The van der Waals surface area contributed by atoms with Crippen molar-refractivity contribution in [1.29, 1.82) is 5.26 Å². The maximum atomic E-state index is 12.8. The molecule has 0 spiro atoms. The van der Waals surface area contributed by atoms with Crippen LogP contribution in [-0.2, 0) is 4.79 Å². The third kappa shape index (κ3) is 4.42. The molecule has 7 heteroatoms. The number of hydrogen-bond donors (Lipinski definition) is 3. The number of nitrogens with zero attached hydrogens (tertiary/aromatic N) is 1. The van der Waals surface area contributed by atoms with Crippen molar-refractivity contribution in [2.75, 3.05) is 11.1 Å². The van der Waals surface area contributed by atoms with Crippen LogP contribution in [0.2, 0.25) is 0 Å². The molecule has 0 radical (unpaired) electrons. The zero-order chi connectivity index (χ0) is 17.5. The van der Waals surface area contributed by atoms with Gasteiger partial charge in [0, 0.05) is 23.1 Å². The normalized spacial score (nSPS) is 10.6. The summed E-state index contributed by atoms with van der Waals surface area (Å²) in [5.41, 5.74) is 6.40. The van der Waals surface area contributed by atoms with E-state index in [1.54, 1.807) is 18.2 Å². The highest BCUT2D eigenvalue weighted by Crippen LogP contribution is 2.10. The van der Waals surface area contributed by atoms with Gasteiger partial charge in [-0.1, -0.05) is 0 Å². The Morgan fingerprint density at radius 3 is 2.29 bits per heavy atom. The van der Waals surface area contributed by atoms with E-state index in [2.05, 4.69) is 10.6 Å². The summed E-state index contributed by atoms with van der Waals surface area (Å²) in [7, 11) is 0. The lowest BCUT2D eigenvalue weighted by molar-refractivity contribution is -0.112. The Kier molecular flexibility index (Phi) is 5.26. The fourth-order valence-electron chi connectivity index (χ4n) is 1.74. The number of benzene rings is 2. The lowest BCUT2D eigenvalue weighted by Crippen LogP contribution is -2.21. The van der Waals surface area contributed by atoms with Crippen molar-refractivity contribution >= 4 is 23.2 Å². The molecule has 0 heterocycles. The summed E-state index contributed by atoms with van der Waals surface area (Å²) in [5, 5.41) is 13.8. The van der Waals surface area contributed by atoms with Gasteiger partial charge in [-0.3, -0.25) is 9.59 Å². The van der Waals surface area contributed by atoms with Gasteiger partial charge in [0.1, 0.15) is 17.5 Å². The van der Waals surface area contributed by atoms with Gasteiger partial charge in [-0.25, -0.2) is 4.39 Å². The van der Waals surface area contributed by atoms with E-state index in [1.807, 2.05) is 0 Å². The highest BCUT2D eigenvalue weighted by molar-refractivity contribution is 6.07. The Hall–Kier alpha value is -3.66. The number of nitrogen functional groups attached to an aromatic ring is 1. The Balaban J connectivity index is 2.04. The van der Waals surface area contributed by atoms with Crippen LogP contribution in [0.1, 0.15) is 10.4 Å². The lowest BCUT2D eigenvalue weighted by atomic mass is 10.2. The fraction of sp³-hybridized carbons (Fsp3) is 0. The van der Waals surface area contributed by atoms with Crippen LogP contribution >= 0.6 is 0 Å². The molecule has 2 amide bonds. The first-order valence-electron chi connectivity index (χ1n) is 6.83. The summed E-state index contributed by atoms with van der Waals surface area (Å²) >= 11 is 0. The molecule has 2 aromatic carbocycles. The predicted molar refractivity (Wildman–Crippen MR) is 87.0 cm³/mol. The number of halogens is 1. The number of hydrogen-bond acceptors (Lipinski definition) is 4. The summed E-state index contributed by atoms with van der Waals surface area (Å²) in [6.45, 7) is 0. The second-order valence-electron chi connectivity index (χ2n) is 4.73. The van der Waals surface area contributed by atoms with E-state index in [9.17, 15) is 14.0 Å². The highest BCUT2D eigenvalue weighted by Gasteiger charge is 2.11. The zero-order valence-corrected chi connectivity index (χ0v) is 12.4. The van der Waals surface area contributed by atoms with Crippen molar-refractivity contribution in [3.05, 3.63) is 71.7 Å². The lowest BCUT2D eigenvalue weighted by Gasteiger charge is -2.05. The molecule has 0 aliphatic heterocycles. The van der Waals surface area contributed by atoms with Gasteiger partial charge in [-0.05, 0) is 48.5 Å². The molecule has 0 aliphatic carbocycles. The third-order valence-electron chi connectivity index (χ3n) is 2.99. The largest absolute Gasteiger partial charge is 0.399 e. The first-order valence-corrected chi connectivity index (χ1v) is 6.83. The van der Waals surface area contributed by atoms with Crippen LogP contribution in [0.4, 0.5) is 15.8 Å². The second kappa shape index (κ2) is 7.56. The number of nitrogens with two attached hydrogens (primary N) is 1. The minimum absolute atomic E-state index is 0.303. The van der Waals surface area contributed by atoms with Gasteiger partial charge in [0.2, 0.25) is 0 Å². The van der Waals surface area contributed by atoms with Crippen LogP contribution < -0.4 is 16.4 Å². The molecule has 4 N–H and O–H groups in total. The van der Waals surface area contributed by atoms with Gasteiger partial charge in [0.15, 0.2) is 0 Å². The number of nitriles is 1. The fourth-order valence-corrected chi connectivity index (χ4v) is 1.74. The molecular weight excluding hydrogens is 311 g/mol. The Morgan fingerprint density at radius 2 is 1.71 bits per heavy atom. The van der Waals surface area contributed by atoms with Crippen LogP contribution in [-0.4, -0.2) is 11.8 Å². The summed E-state index contributed by atoms with van der Waals surface area (Å²) in [6.07, 6.45) is 1.01. The van der Waals surface area contributed by atoms with Crippen LogP contribution in [0.5, 0.6) is 0 Å². The minimum atomic E-state index is -0.721. The molecule has 0 saturated carbocycles. The molecule has 0 atom stereocenters. The summed E-state index contributed by atoms with van der Waals surface area (Å²) in [4.78, 5) is 23.9. The molecule has 0 aromatic heterocycles. The molecule has 0 bridgehead atoms. The average molecular weight is 324 g/mol. The van der Waals surface area contributed by atoms with Gasteiger partial charge in [-0.15, -0.1) is 0 Å². The van der Waals surface area contributed by atoms with Gasteiger partial charge in [0.25, 0.3) is 11.8 Å². The zero-order valence-electron chi connectivity index (χ0n) is 12.4. The van der Waals surface area contributed by atoms with E-state index in [0.29, 0.717) is 16.9 Å². The quantitative estimate of drug-likeness (QED) is 0.455. The SMILES string of the molecule is N#C/C(=C/NC(=O)c1ccc(N)cc1)C(=O)Nc1ccc(F)cc1. The maximum absolute atomic E-state index is 12.8. The van der Waals surface area contributed by atoms with Crippen LogP contribution in [0.3, 0.4) is 0 Å². The van der Waals surface area contributed by atoms with Crippen molar-refractivity contribution in [2.45, 2.75) is 0 Å². The number of amides is 2. The number of carbonyl (C=O) groups excluding carboxylic acids is 2. The maximum Gasteiger partial charge on any atom is 0.267 e. The predicted octanol–water partition coefficient (Wildman–Crippen LogP) is 2.18. The number of carbonyl (C=O) groups is 2. The second-order valence-corrected chi connectivity index (χ2v) is 4.73.